The predicted octanol–water partition coefficient (Wildman–Crippen LogP) is 1.14. The van der Waals surface area contributed by atoms with E-state index in [9.17, 15) is 30.4 Å². The molecule has 108 valence electrons. The summed E-state index contributed by atoms with van der Waals surface area (Å²) in [7, 11) is -4.82. The van der Waals surface area contributed by atoms with Gasteiger partial charge in [0.05, 0.1) is 11.1 Å². The molecule has 0 saturated heterocycles. The van der Waals surface area contributed by atoms with Crippen LogP contribution in [0.2, 0.25) is 0 Å². The molecule has 0 spiro atoms. The molecule has 0 amide bonds. The second-order valence-corrected chi connectivity index (χ2v) is 4.90. The maximum absolute atomic E-state index is 12.8. The summed E-state index contributed by atoms with van der Waals surface area (Å²) in [6.45, 7) is -0.730. The number of hydrogen-bond acceptors (Lipinski definition) is 4. The van der Waals surface area contributed by atoms with Crippen LogP contribution >= 0.6 is 0 Å². The highest BCUT2D eigenvalue weighted by molar-refractivity contribution is 7.89. The van der Waals surface area contributed by atoms with Crippen molar-refractivity contribution >= 4 is 10.0 Å². The van der Waals surface area contributed by atoms with Crippen LogP contribution in [0.4, 0.5) is 22.0 Å². The van der Waals surface area contributed by atoms with E-state index in [2.05, 4.69) is 10.1 Å². The summed E-state index contributed by atoms with van der Waals surface area (Å²) in [6.07, 6.45) is -8.46. The van der Waals surface area contributed by atoms with Crippen molar-refractivity contribution in [1.29, 1.82) is 0 Å². The maximum atomic E-state index is 12.8. The van der Waals surface area contributed by atoms with Crippen LogP contribution in [0.5, 0.6) is 0 Å². The summed E-state index contributed by atoms with van der Waals surface area (Å²) in [5.41, 5.74) is 0.674. The lowest BCUT2D eigenvalue weighted by atomic mass is 10.0. The van der Waals surface area contributed by atoms with Crippen molar-refractivity contribution in [2.24, 2.45) is 10.9 Å². The van der Waals surface area contributed by atoms with E-state index in [1.165, 1.54) is 0 Å². The van der Waals surface area contributed by atoms with Gasteiger partial charge in [-0.2, -0.15) is 13.2 Å². The van der Waals surface area contributed by atoms with Crippen LogP contribution in [0.25, 0.3) is 0 Å². The zero-order chi connectivity index (χ0) is 15.0. The summed E-state index contributed by atoms with van der Waals surface area (Å²) >= 11 is 0. The summed E-state index contributed by atoms with van der Waals surface area (Å²) in [5, 5.41) is 3.07. The van der Waals surface area contributed by atoms with Gasteiger partial charge < -0.3 is 5.73 Å². The van der Waals surface area contributed by atoms with Gasteiger partial charge in [0.2, 0.25) is 0 Å². The van der Waals surface area contributed by atoms with Crippen LogP contribution in [0.1, 0.15) is 23.1 Å². The Kier molecular flexibility index (Phi) is 4.12. The van der Waals surface area contributed by atoms with E-state index >= 15 is 0 Å². The lowest BCUT2D eigenvalue weighted by Gasteiger charge is -2.17. The molecule has 0 unspecified atom stereocenters. The molecule has 0 aliphatic carbocycles. The van der Waals surface area contributed by atoms with Gasteiger partial charge in [-0.1, -0.05) is 0 Å². The Morgan fingerprint density at radius 1 is 1.32 bits per heavy atom. The first kappa shape index (κ1) is 15.7. The fourth-order valence-corrected chi connectivity index (χ4v) is 2.17. The van der Waals surface area contributed by atoms with E-state index in [0.717, 1.165) is 0 Å². The van der Waals surface area contributed by atoms with Gasteiger partial charge >= 0.3 is 6.18 Å². The number of hydrogen-bond donors (Lipinski definition) is 2. The third-order valence-electron chi connectivity index (χ3n) is 2.15. The van der Waals surface area contributed by atoms with Crippen molar-refractivity contribution in [2.45, 2.75) is 24.2 Å². The van der Waals surface area contributed by atoms with Crippen LogP contribution in [0.3, 0.4) is 0 Å². The van der Waals surface area contributed by atoms with Gasteiger partial charge in [-0.05, 0) is 5.56 Å². The molecule has 0 radical (unpaired) electrons. The molecule has 11 heteroatoms. The van der Waals surface area contributed by atoms with Gasteiger partial charge in [-0.3, -0.25) is 0 Å². The van der Waals surface area contributed by atoms with Crippen LogP contribution in [0.15, 0.2) is 11.2 Å². The lowest BCUT2D eigenvalue weighted by molar-refractivity contribution is -0.140. The summed E-state index contributed by atoms with van der Waals surface area (Å²) in [4.78, 5) is 3.04. The second-order valence-electron chi connectivity index (χ2n) is 3.42. The number of nitrogens with zero attached hydrogens (tertiary/aromatic N) is 1. The van der Waals surface area contributed by atoms with Gasteiger partial charge in [0.1, 0.15) is 0 Å². The summed E-state index contributed by atoms with van der Waals surface area (Å²) < 4.78 is 85.9. The normalized spacial score (nSPS) is 13.1. The molecular formula is C8H8F5N3O2S. The van der Waals surface area contributed by atoms with Crippen molar-refractivity contribution in [2.75, 3.05) is 0 Å². The average molecular weight is 305 g/mol. The molecule has 5 nitrogen and oxygen atoms in total. The second kappa shape index (κ2) is 4.98. The van der Waals surface area contributed by atoms with Crippen molar-refractivity contribution in [3.8, 4) is 0 Å². The zero-order valence-electron chi connectivity index (χ0n) is 9.08. The van der Waals surface area contributed by atoms with Crippen LogP contribution < -0.4 is 10.9 Å². The van der Waals surface area contributed by atoms with E-state index in [4.69, 9.17) is 5.73 Å². The third-order valence-corrected chi connectivity index (χ3v) is 3.01. The molecule has 0 aliphatic heterocycles. The standard InChI is InChI=1S/C8H8F5N3O2S/c9-6(10)4-5(8(11,12)13)3(1-14)2-16-7(4)19(15,17)18/h2,6H,1,14H2,(H2,15,17,18). The molecule has 1 aromatic heterocycles. The maximum Gasteiger partial charge on any atom is 0.417 e. The van der Waals surface area contributed by atoms with Crippen LogP contribution in [-0.4, -0.2) is 13.4 Å². The molecule has 0 atom stereocenters. The largest absolute Gasteiger partial charge is 0.417 e. The van der Waals surface area contributed by atoms with Crippen molar-refractivity contribution in [1.82, 2.24) is 4.98 Å². The van der Waals surface area contributed by atoms with Crippen LogP contribution in [0, 0.1) is 0 Å². The highest BCUT2D eigenvalue weighted by Gasteiger charge is 2.41. The number of halogens is 5. The first-order valence-electron chi connectivity index (χ1n) is 4.60. The van der Waals surface area contributed by atoms with Gasteiger partial charge in [-0.25, -0.2) is 27.3 Å². The number of rotatable bonds is 3. The minimum absolute atomic E-state index is 0.467. The van der Waals surface area contributed by atoms with Gasteiger partial charge in [-0.15, -0.1) is 0 Å². The van der Waals surface area contributed by atoms with E-state index in [-0.39, 0.29) is 0 Å². The molecule has 1 heterocycles. The minimum Gasteiger partial charge on any atom is -0.326 e. The molecule has 4 N–H and O–H groups in total. The summed E-state index contributed by atoms with van der Waals surface area (Å²) in [6, 6.07) is 0. The molecule has 0 aliphatic rings. The van der Waals surface area contributed by atoms with Gasteiger partial charge in [0, 0.05) is 12.7 Å². The van der Waals surface area contributed by atoms with Crippen molar-refractivity contribution in [3.63, 3.8) is 0 Å². The Morgan fingerprint density at radius 3 is 2.16 bits per heavy atom. The first-order chi connectivity index (χ1) is 8.50. The molecule has 0 aromatic carbocycles. The number of pyridine rings is 1. The smallest absolute Gasteiger partial charge is 0.326 e. The Hall–Kier alpha value is -1.33. The molecular weight excluding hydrogens is 297 g/mol. The number of primary sulfonamides is 1. The van der Waals surface area contributed by atoms with E-state index in [1.54, 1.807) is 0 Å². The SMILES string of the molecule is NCc1cnc(S(N)(=O)=O)c(C(F)F)c1C(F)(F)F. The van der Waals surface area contributed by atoms with Crippen LogP contribution in [-0.2, 0) is 22.7 Å². The highest BCUT2D eigenvalue weighted by atomic mass is 32.2. The van der Waals surface area contributed by atoms with Gasteiger partial charge in [0.15, 0.2) is 5.03 Å². The Bertz CT molecular complexity index is 585. The summed E-state index contributed by atoms with van der Waals surface area (Å²) in [5.74, 6) is 0. The zero-order valence-corrected chi connectivity index (χ0v) is 9.89. The molecule has 0 fully saturated rings. The third kappa shape index (κ3) is 3.16. The number of alkyl halides is 5. The fraction of sp³-hybridized carbons (Fsp3) is 0.375. The predicted molar refractivity (Wildman–Crippen MR) is 53.5 cm³/mol. The molecule has 0 saturated carbocycles. The van der Waals surface area contributed by atoms with Crippen molar-refractivity contribution in [3.05, 3.63) is 22.9 Å². The van der Waals surface area contributed by atoms with E-state index < -0.39 is 50.9 Å². The quantitative estimate of drug-likeness (QED) is 0.818. The number of aromatic nitrogens is 1. The Morgan fingerprint density at radius 2 is 1.84 bits per heavy atom. The first-order valence-corrected chi connectivity index (χ1v) is 6.14. The van der Waals surface area contributed by atoms with E-state index in [1.807, 2.05) is 0 Å². The topological polar surface area (TPSA) is 99.1 Å². The van der Waals surface area contributed by atoms with E-state index in [0.29, 0.717) is 6.20 Å². The highest BCUT2D eigenvalue weighted by Crippen LogP contribution is 2.40. The molecule has 1 aromatic rings. The number of sulfonamides is 1. The lowest BCUT2D eigenvalue weighted by Crippen LogP contribution is -2.23. The Balaban J connectivity index is 3.85. The molecule has 0 bridgehead atoms. The fourth-order valence-electron chi connectivity index (χ4n) is 1.47. The number of nitrogens with two attached hydrogens (primary N) is 2. The van der Waals surface area contributed by atoms with Gasteiger partial charge in [0.25, 0.3) is 16.4 Å². The molecule has 1 rings (SSSR count). The molecule has 19 heavy (non-hydrogen) atoms. The minimum atomic E-state index is -5.21. The van der Waals surface area contributed by atoms with Crippen molar-refractivity contribution < 1.29 is 30.4 Å². The average Bonchev–Trinajstić information content (AvgIpc) is 2.24. The Labute approximate surface area is 104 Å². The monoisotopic (exact) mass is 305 g/mol.